The van der Waals surface area contributed by atoms with Gasteiger partial charge in [0.05, 0.1) is 6.04 Å². The Balaban J connectivity index is 1.87. The van der Waals surface area contributed by atoms with Crippen LogP contribution in [0.15, 0.2) is 30.3 Å². The molecule has 2 atom stereocenters. The van der Waals surface area contributed by atoms with Gasteiger partial charge in [0, 0.05) is 30.1 Å². The van der Waals surface area contributed by atoms with Crippen LogP contribution in [-0.4, -0.2) is 29.6 Å². The Morgan fingerprint density at radius 1 is 1.26 bits per heavy atom. The van der Waals surface area contributed by atoms with Crippen molar-refractivity contribution >= 4 is 29.8 Å². The van der Waals surface area contributed by atoms with Crippen LogP contribution >= 0.6 is 11.9 Å². The second-order valence-electron chi connectivity index (χ2n) is 4.46. The third kappa shape index (κ3) is 3.52. The first-order valence-electron chi connectivity index (χ1n) is 6.16. The lowest BCUT2D eigenvalue weighted by Gasteiger charge is -2.11. The number of hydrogen-bond acceptors (Lipinski definition) is 5. The quantitative estimate of drug-likeness (QED) is 0.486. The van der Waals surface area contributed by atoms with E-state index in [4.69, 9.17) is 0 Å². The molecule has 2 rings (SSSR count). The van der Waals surface area contributed by atoms with Crippen LogP contribution in [0.5, 0.6) is 0 Å². The summed E-state index contributed by atoms with van der Waals surface area (Å²) in [5.74, 6) is 0.241. The minimum Gasteiger partial charge on any atom is -0.303 e. The molecule has 1 aliphatic rings. The zero-order valence-corrected chi connectivity index (χ0v) is 11.2. The summed E-state index contributed by atoms with van der Waals surface area (Å²) in [5.41, 5.74) is 0.621. The van der Waals surface area contributed by atoms with Gasteiger partial charge >= 0.3 is 0 Å². The zero-order chi connectivity index (χ0) is 13.7. The second-order valence-corrected chi connectivity index (χ2v) is 5.32. The van der Waals surface area contributed by atoms with Crippen LogP contribution in [0.25, 0.3) is 0 Å². The Kier molecular flexibility index (Phi) is 4.87. The predicted octanol–water partition coefficient (Wildman–Crippen LogP) is 1.65. The van der Waals surface area contributed by atoms with Crippen LogP contribution in [0.1, 0.15) is 23.2 Å². The van der Waals surface area contributed by atoms with E-state index >= 15 is 0 Å². The molecular formula is C14H15NO3S. The normalized spacial score (nSPS) is 22.1. The highest BCUT2D eigenvalue weighted by Gasteiger charge is 2.32. The van der Waals surface area contributed by atoms with Gasteiger partial charge in [0.1, 0.15) is 6.29 Å². The third-order valence-corrected chi connectivity index (χ3v) is 4.10. The van der Waals surface area contributed by atoms with Crippen molar-refractivity contribution in [3.05, 3.63) is 35.9 Å². The SMILES string of the molecule is O=C[C@@H]1CSNC1C(=O)CCC(=O)c1ccccc1. The van der Waals surface area contributed by atoms with E-state index in [-0.39, 0.29) is 30.3 Å². The number of Topliss-reactive ketones (excluding diaryl/α,β-unsaturated/α-hetero) is 2. The molecule has 1 saturated heterocycles. The highest BCUT2D eigenvalue weighted by Crippen LogP contribution is 2.21. The molecule has 5 heteroatoms. The van der Waals surface area contributed by atoms with Crippen molar-refractivity contribution in [3.8, 4) is 0 Å². The van der Waals surface area contributed by atoms with E-state index in [1.807, 2.05) is 6.07 Å². The summed E-state index contributed by atoms with van der Waals surface area (Å²) in [6, 6.07) is 8.48. The number of aldehydes is 1. The monoisotopic (exact) mass is 277 g/mol. The fourth-order valence-electron chi connectivity index (χ4n) is 2.00. The van der Waals surface area contributed by atoms with Crippen molar-refractivity contribution < 1.29 is 14.4 Å². The van der Waals surface area contributed by atoms with Crippen LogP contribution in [0.4, 0.5) is 0 Å². The topological polar surface area (TPSA) is 63.2 Å². The lowest BCUT2D eigenvalue weighted by Crippen LogP contribution is -2.35. The fourth-order valence-corrected chi connectivity index (χ4v) is 3.05. The summed E-state index contributed by atoms with van der Waals surface area (Å²) < 4.78 is 2.95. The molecule has 4 nitrogen and oxygen atoms in total. The van der Waals surface area contributed by atoms with Gasteiger partial charge < -0.3 is 4.79 Å². The van der Waals surface area contributed by atoms with Crippen molar-refractivity contribution in [1.82, 2.24) is 4.72 Å². The van der Waals surface area contributed by atoms with Crippen molar-refractivity contribution in [2.75, 3.05) is 5.75 Å². The average Bonchev–Trinajstić information content (AvgIpc) is 2.93. The molecule has 19 heavy (non-hydrogen) atoms. The molecule has 1 N–H and O–H groups in total. The zero-order valence-electron chi connectivity index (χ0n) is 10.4. The van der Waals surface area contributed by atoms with Gasteiger partial charge in [-0.15, -0.1) is 0 Å². The van der Waals surface area contributed by atoms with Gasteiger partial charge in [0.15, 0.2) is 11.6 Å². The minimum absolute atomic E-state index is 0.0396. The molecule has 1 heterocycles. The summed E-state index contributed by atoms with van der Waals surface area (Å²) >= 11 is 1.39. The lowest BCUT2D eigenvalue weighted by molar-refractivity contribution is -0.124. The standard InChI is InChI=1S/C14H15NO3S/c16-8-11-9-19-15-14(11)13(18)7-6-12(17)10-4-2-1-3-5-10/h1-5,8,11,14-15H,6-7,9H2/t11-,14?/m1/s1. The van der Waals surface area contributed by atoms with Gasteiger partial charge in [-0.25, -0.2) is 0 Å². The van der Waals surface area contributed by atoms with Crippen LogP contribution in [0.3, 0.4) is 0 Å². The van der Waals surface area contributed by atoms with Crippen LogP contribution in [0, 0.1) is 5.92 Å². The second kappa shape index (κ2) is 6.63. The molecule has 0 aliphatic carbocycles. The molecule has 0 aromatic heterocycles. The predicted molar refractivity (Wildman–Crippen MR) is 73.9 cm³/mol. The van der Waals surface area contributed by atoms with Gasteiger partial charge in [0.25, 0.3) is 0 Å². The molecule has 0 amide bonds. The van der Waals surface area contributed by atoms with Crippen LogP contribution < -0.4 is 4.72 Å². The maximum absolute atomic E-state index is 12.0. The van der Waals surface area contributed by atoms with Crippen LogP contribution in [0.2, 0.25) is 0 Å². The first kappa shape index (κ1) is 14.0. The molecule has 0 bridgehead atoms. The maximum atomic E-state index is 12.0. The van der Waals surface area contributed by atoms with Crippen molar-refractivity contribution in [2.24, 2.45) is 5.92 Å². The van der Waals surface area contributed by atoms with Gasteiger partial charge in [-0.05, 0) is 0 Å². The molecule has 0 radical (unpaired) electrons. The maximum Gasteiger partial charge on any atom is 0.163 e. The number of carbonyl (C=O) groups excluding carboxylic acids is 3. The van der Waals surface area contributed by atoms with E-state index in [2.05, 4.69) is 4.72 Å². The summed E-state index contributed by atoms with van der Waals surface area (Å²) in [6.07, 6.45) is 1.18. The summed E-state index contributed by atoms with van der Waals surface area (Å²) in [7, 11) is 0. The summed E-state index contributed by atoms with van der Waals surface area (Å²) in [5, 5.41) is 0. The van der Waals surface area contributed by atoms with E-state index in [0.717, 1.165) is 6.29 Å². The first-order chi connectivity index (χ1) is 9.22. The number of rotatable bonds is 6. The van der Waals surface area contributed by atoms with Gasteiger partial charge in [-0.3, -0.25) is 14.3 Å². The van der Waals surface area contributed by atoms with Crippen molar-refractivity contribution in [3.63, 3.8) is 0 Å². The molecular weight excluding hydrogens is 262 g/mol. The molecule has 1 unspecified atom stereocenters. The Labute approximate surface area is 116 Å². The Morgan fingerprint density at radius 2 is 2.00 bits per heavy atom. The van der Waals surface area contributed by atoms with E-state index in [0.29, 0.717) is 11.3 Å². The summed E-state index contributed by atoms with van der Waals surface area (Å²) in [6.45, 7) is 0. The Morgan fingerprint density at radius 3 is 2.68 bits per heavy atom. The van der Waals surface area contributed by atoms with E-state index in [1.54, 1.807) is 24.3 Å². The molecule has 1 aromatic rings. The number of ketones is 2. The molecule has 1 aromatic carbocycles. The van der Waals surface area contributed by atoms with Crippen molar-refractivity contribution in [1.29, 1.82) is 0 Å². The van der Waals surface area contributed by atoms with Crippen molar-refractivity contribution in [2.45, 2.75) is 18.9 Å². The Bertz CT molecular complexity index is 475. The van der Waals surface area contributed by atoms with Gasteiger partial charge in [-0.1, -0.05) is 42.3 Å². The molecule has 0 saturated carbocycles. The highest BCUT2D eigenvalue weighted by atomic mass is 32.2. The number of benzene rings is 1. The fraction of sp³-hybridized carbons (Fsp3) is 0.357. The lowest BCUT2D eigenvalue weighted by atomic mass is 9.96. The van der Waals surface area contributed by atoms with Gasteiger partial charge in [-0.2, -0.15) is 0 Å². The number of nitrogens with one attached hydrogen (secondary N) is 1. The van der Waals surface area contributed by atoms with Gasteiger partial charge in [0.2, 0.25) is 0 Å². The number of carbonyl (C=O) groups is 3. The molecule has 1 fully saturated rings. The minimum atomic E-state index is -0.439. The Hall–Kier alpha value is -1.46. The van der Waals surface area contributed by atoms with E-state index < -0.39 is 6.04 Å². The number of hydrogen-bond donors (Lipinski definition) is 1. The molecule has 0 spiro atoms. The molecule has 100 valence electrons. The largest absolute Gasteiger partial charge is 0.303 e. The average molecular weight is 277 g/mol. The highest BCUT2D eigenvalue weighted by molar-refractivity contribution is 7.97. The first-order valence-corrected chi connectivity index (χ1v) is 7.14. The van der Waals surface area contributed by atoms with Crippen LogP contribution in [-0.2, 0) is 9.59 Å². The smallest absolute Gasteiger partial charge is 0.163 e. The van der Waals surface area contributed by atoms with E-state index in [9.17, 15) is 14.4 Å². The summed E-state index contributed by atoms with van der Waals surface area (Å²) in [4.78, 5) is 34.6. The third-order valence-electron chi connectivity index (χ3n) is 3.13. The van der Waals surface area contributed by atoms with E-state index in [1.165, 1.54) is 11.9 Å². The molecule has 1 aliphatic heterocycles.